The third-order valence-electron chi connectivity index (χ3n) is 9.66. The second-order valence-corrected chi connectivity index (χ2v) is 10.5. The minimum absolute atomic E-state index is 0.250. The largest absolute Gasteiger partial charge is 0.453 e. The highest BCUT2D eigenvalue weighted by molar-refractivity contribution is 5.79. The Hall–Kier alpha value is -1.06. The fourth-order valence-corrected chi connectivity index (χ4v) is 8.28. The van der Waals surface area contributed by atoms with Crippen LogP contribution in [0.15, 0.2) is 0 Å². The minimum atomic E-state index is -0.285. The average Bonchev–Trinajstić information content (AvgIpc) is 2.99. The molecule has 4 saturated carbocycles. The van der Waals surface area contributed by atoms with Crippen LogP contribution in [0, 0.1) is 40.4 Å². The second kappa shape index (κ2) is 6.77. The van der Waals surface area contributed by atoms with Gasteiger partial charge in [0, 0.05) is 12.0 Å². The van der Waals surface area contributed by atoms with E-state index in [4.69, 9.17) is 4.74 Å². The van der Waals surface area contributed by atoms with Gasteiger partial charge in [-0.25, -0.2) is 4.79 Å². The van der Waals surface area contributed by atoms with Crippen molar-refractivity contribution in [1.82, 2.24) is 5.32 Å². The van der Waals surface area contributed by atoms with Crippen LogP contribution in [0.5, 0.6) is 0 Å². The topological polar surface area (TPSA) is 55.4 Å². The van der Waals surface area contributed by atoms with Crippen molar-refractivity contribution < 1.29 is 14.3 Å². The molecule has 0 aromatic rings. The molecule has 1 amide bonds. The molecule has 0 saturated heterocycles. The molecule has 0 bridgehead atoms. The van der Waals surface area contributed by atoms with Gasteiger partial charge >= 0.3 is 6.09 Å². The number of hydrogen-bond donors (Lipinski definition) is 1. The van der Waals surface area contributed by atoms with Crippen LogP contribution >= 0.6 is 0 Å². The van der Waals surface area contributed by atoms with E-state index in [1.165, 1.54) is 45.6 Å². The van der Waals surface area contributed by atoms with E-state index in [1.807, 2.05) is 6.92 Å². The first kappa shape index (κ1) is 19.3. The first-order valence-electron chi connectivity index (χ1n) is 11.1. The van der Waals surface area contributed by atoms with Gasteiger partial charge in [-0.3, -0.25) is 4.79 Å². The monoisotopic (exact) mass is 375 g/mol. The number of ether oxygens (including phenoxy) is 1. The highest BCUT2D eigenvalue weighted by Crippen LogP contribution is 2.67. The number of carbonyl (C=O) groups excluding carboxylic acids is 2. The maximum Gasteiger partial charge on any atom is 0.407 e. The predicted octanol–water partition coefficient (Wildman–Crippen LogP) is 4.96. The number of Topliss-reactive ketones (excluding diaryl/α,β-unsaturated/α-hetero) is 1. The lowest BCUT2D eigenvalue weighted by molar-refractivity contribution is -0.134. The zero-order chi connectivity index (χ0) is 19.4. The summed E-state index contributed by atoms with van der Waals surface area (Å²) in [6, 6.07) is 0.273. The van der Waals surface area contributed by atoms with Crippen LogP contribution < -0.4 is 5.32 Å². The Labute approximate surface area is 164 Å². The lowest BCUT2D eigenvalue weighted by Crippen LogP contribution is -2.55. The lowest BCUT2D eigenvalue weighted by atomic mass is 9.44. The Bertz CT molecular complexity index is 619. The Balaban J connectivity index is 1.51. The number of fused-ring (bicyclic) bond motifs is 5. The summed E-state index contributed by atoms with van der Waals surface area (Å²) in [6.07, 6.45) is 10.6. The number of methoxy groups -OCH3 is 1. The zero-order valence-corrected chi connectivity index (χ0v) is 17.6. The van der Waals surface area contributed by atoms with Gasteiger partial charge < -0.3 is 10.1 Å². The molecule has 152 valence electrons. The van der Waals surface area contributed by atoms with Crippen LogP contribution in [0.1, 0.15) is 78.6 Å². The van der Waals surface area contributed by atoms with Crippen molar-refractivity contribution in [3.05, 3.63) is 0 Å². The van der Waals surface area contributed by atoms with Gasteiger partial charge in [0.25, 0.3) is 0 Å². The first-order chi connectivity index (χ1) is 12.8. The molecule has 4 fully saturated rings. The van der Waals surface area contributed by atoms with Crippen molar-refractivity contribution in [3.8, 4) is 0 Å². The van der Waals surface area contributed by atoms with Crippen molar-refractivity contribution in [2.75, 3.05) is 7.11 Å². The molecule has 0 spiro atoms. The SMILES string of the molecule is COC(=O)N[C@H]1CC[C@@]2(C)[C@@H](CC[C@@H]3[C@@H]2CC[C@]2(C)[C@@H](C(C)=O)CC[C@@H]32)C1. The summed E-state index contributed by atoms with van der Waals surface area (Å²) >= 11 is 0. The van der Waals surface area contributed by atoms with Crippen LogP contribution in [-0.2, 0) is 9.53 Å². The maximum atomic E-state index is 12.3. The van der Waals surface area contributed by atoms with Gasteiger partial charge in [0.15, 0.2) is 0 Å². The van der Waals surface area contributed by atoms with Crippen molar-refractivity contribution in [3.63, 3.8) is 0 Å². The predicted molar refractivity (Wildman–Crippen MR) is 105 cm³/mol. The first-order valence-corrected chi connectivity index (χ1v) is 11.1. The number of hydrogen-bond acceptors (Lipinski definition) is 3. The summed E-state index contributed by atoms with van der Waals surface area (Å²) in [5, 5.41) is 3.05. The molecule has 27 heavy (non-hydrogen) atoms. The Morgan fingerprint density at radius 1 is 0.926 bits per heavy atom. The molecule has 4 rings (SSSR count). The molecule has 8 atom stereocenters. The van der Waals surface area contributed by atoms with Crippen molar-refractivity contribution >= 4 is 11.9 Å². The maximum absolute atomic E-state index is 12.3. The minimum Gasteiger partial charge on any atom is -0.453 e. The number of alkyl carbamates (subject to hydrolysis) is 1. The van der Waals surface area contributed by atoms with E-state index >= 15 is 0 Å². The van der Waals surface area contributed by atoms with Gasteiger partial charge in [-0.1, -0.05) is 13.8 Å². The highest BCUT2D eigenvalue weighted by atomic mass is 16.5. The number of rotatable bonds is 2. The number of nitrogens with one attached hydrogen (secondary N) is 1. The molecule has 4 aliphatic rings. The quantitative estimate of drug-likeness (QED) is 0.742. The number of carbonyl (C=O) groups is 2. The Morgan fingerprint density at radius 3 is 2.33 bits per heavy atom. The van der Waals surface area contributed by atoms with Crippen molar-refractivity contribution in [2.24, 2.45) is 40.4 Å². The molecule has 1 N–H and O–H groups in total. The Kier molecular flexibility index (Phi) is 4.83. The summed E-state index contributed by atoms with van der Waals surface area (Å²) < 4.78 is 4.81. The fraction of sp³-hybridized carbons (Fsp3) is 0.913. The van der Waals surface area contributed by atoms with E-state index < -0.39 is 0 Å². The van der Waals surface area contributed by atoms with Crippen LogP contribution in [0.4, 0.5) is 4.79 Å². The summed E-state index contributed by atoms with van der Waals surface area (Å²) in [5.41, 5.74) is 0.659. The van der Waals surface area contributed by atoms with Crippen LogP contribution in [0.25, 0.3) is 0 Å². The van der Waals surface area contributed by atoms with Crippen LogP contribution in [0.3, 0.4) is 0 Å². The van der Waals surface area contributed by atoms with E-state index in [0.717, 1.165) is 37.0 Å². The second-order valence-electron chi connectivity index (χ2n) is 10.5. The average molecular weight is 376 g/mol. The molecular weight excluding hydrogens is 338 g/mol. The van der Waals surface area contributed by atoms with Gasteiger partial charge in [0.2, 0.25) is 0 Å². The zero-order valence-electron chi connectivity index (χ0n) is 17.6. The summed E-state index contributed by atoms with van der Waals surface area (Å²) in [5.74, 6) is 3.79. The van der Waals surface area contributed by atoms with Gasteiger partial charge in [0.05, 0.1) is 7.11 Å². The van der Waals surface area contributed by atoms with E-state index in [2.05, 4.69) is 19.2 Å². The molecule has 0 radical (unpaired) electrons. The summed E-state index contributed by atoms with van der Waals surface area (Å²) in [7, 11) is 1.45. The standard InChI is InChI=1S/C23H37NO3/c1-14(25)18-7-8-19-17-6-5-15-13-16(24-21(26)27-4)9-11-22(15,2)20(17)10-12-23(18,19)3/h15-20H,5-13H2,1-4H3,(H,24,26)/t15-,16-,17-,18+,19-,20-,22-,23+/m0/s1. The normalized spacial score (nSPS) is 48.7. The fourth-order valence-electron chi connectivity index (χ4n) is 8.28. The highest BCUT2D eigenvalue weighted by Gasteiger charge is 2.60. The summed E-state index contributed by atoms with van der Waals surface area (Å²) in [6.45, 7) is 6.79. The molecule has 0 aliphatic heterocycles. The molecule has 4 heteroatoms. The number of ketones is 1. The lowest BCUT2D eigenvalue weighted by Gasteiger charge is -2.61. The van der Waals surface area contributed by atoms with Crippen molar-refractivity contribution in [1.29, 1.82) is 0 Å². The molecule has 4 aliphatic carbocycles. The summed E-state index contributed by atoms with van der Waals surface area (Å²) in [4.78, 5) is 23.9. The van der Waals surface area contributed by atoms with Crippen LogP contribution in [0.2, 0.25) is 0 Å². The molecule has 4 nitrogen and oxygen atoms in total. The third-order valence-corrected chi connectivity index (χ3v) is 9.66. The van der Waals surface area contributed by atoms with Gasteiger partial charge in [-0.15, -0.1) is 0 Å². The van der Waals surface area contributed by atoms with Gasteiger partial charge in [-0.05, 0) is 99.2 Å². The molecule has 0 aromatic carbocycles. The smallest absolute Gasteiger partial charge is 0.407 e. The molecule has 0 aromatic heterocycles. The molecule has 0 heterocycles. The van der Waals surface area contributed by atoms with Gasteiger partial charge in [-0.2, -0.15) is 0 Å². The number of amides is 1. The van der Waals surface area contributed by atoms with Gasteiger partial charge in [0.1, 0.15) is 5.78 Å². The van der Waals surface area contributed by atoms with E-state index in [9.17, 15) is 9.59 Å². The third kappa shape index (κ3) is 2.93. The molecular formula is C23H37NO3. The molecule has 0 unspecified atom stereocenters. The van der Waals surface area contributed by atoms with Crippen molar-refractivity contribution in [2.45, 2.75) is 84.6 Å². The van der Waals surface area contributed by atoms with E-state index in [-0.39, 0.29) is 17.6 Å². The van der Waals surface area contributed by atoms with E-state index in [1.54, 1.807) is 0 Å². The Morgan fingerprint density at radius 2 is 1.63 bits per heavy atom. The van der Waals surface area contributed by atoms with Crippen LogP contribution in [-0.4, -0.2) is 25.0 Å². The van der Waals surface area contributed by atoms with E-state index in [0.29, 0.717) is 23.0 Å².